The summed E-state index contributed by atoms with van der Waals surface area (Å²) in [5.74, 6) is 0.338. The van der Waals surface area contributed by atoms with Gasteiger partial charge in [0.2, 0.25) is 0 Å². The van der Waals surface area contributed by atoms with E-state index in [0.717, 1.165) is 6.42 Å². The van der Waals surface area contributed by atoms with Crippen molar-refractivity contribution in [3.63, 3.8) is 0 Å². The molecule has 1 unspecified atom stereocenters. The van der Waals surface area contributed by atoms with Crippen LogP contribution in [0.25, 0.3) is 0 Å². The van der Waals surface area contributed by atoms with Gasteiger partial charge < -0.3 is 5.32 Å². The highest BCUT2D eigenvalue weighted by Gasteiger charge is 2.26. The van der Waals surface area contributed by atoms with Gasteiger partial charge in [-0.15, -0.1) is 11.3 Å². The summed E-state index contributed by atoms with van der Waals surface area (Å²) in [6.07, 6.45) is 1.49. The smallest absolute Gasteiger partial charge is 0.154 e. The highest BCUT2D eigenvalue weighted by atomic mass is 32.1. The summed E-state index contributed by atoms with van der Waals surface area (Å²) >= 11 is 1.77. The topological polar surface area (TPSA) is 29.1 Å². The number of rotatable bonds is 2. The van der Waals surface area contributed by atoms with Crippen LogP contribution in [0.3, 0.4) is 0 Å². The average Bonchev–Trinajstić information content (AvgIpc) is 2.51. The molecule has 3 heteroatoms. The van der Waals surface area contributed by atoms with Crippen LogP contribution >= 0.6 is 11.3 Å². The third-order valence-electron chi connectivity index (χ3n) is 2.52. The molecule has 0 spiro atoms. The van der Waals surface area contributed by atoms with E-state index < -0.39 is 0 Å². The number of Topliss-reactive ketones (excluding diaryl/α,β-unsaturated/α-hetero) is 1. The van der Waals surface area contributed by atoms with Gasteiger partial charge in [-0.2, -0.15) is 0 Å². The summed E-state index contributed by atoms with van der Waals surface area (Å²) in [6.45, 7) is 4.16. The third-order valence-corrected chi connectivity index (χ3v) is 3.50. The molecule has 0 radical (unpaired) electrons. The highest BCUT2D eigenvalue weighted by molar-refractivity contribution is 7.10. The lowest BCUT2D eigenvalue weighted by atomic mass is 9.93. The van der Waals surface area contributed by atoms with Gasteiger partial charge in [0, 0.05) is 23.8 Å². The lowest BCUT2D eigenvalue weighted by molar-refractivity contribution is -0.121. The van der Waals surface area contributed by atoms with E-state index in [0.29, 0.717) is 18.2 Å². The van der Waals surface area contributed by atoms with Crippen LogP contribution in [0, 0.1) is 0 Å². The van der Waals surface area contributed by atoms with Gasteiger partial charge in [0.25, 0.3) is 0 Å². The first-order chi connectivity index (χ1) is 6.66. The van der Waals surface area contributed by atoms with Crippen LogP contribution in [-0.4, -0.2) is 17.9 Å². The van der Waals surface area contributed by atoms with Crippen LogP contribution < -0.4 is 5.32 Å². The molecule has 1 aliphatic rings. The molecule has 2 nitrogen and oxygen atoms in total. The first-order valence-electron chi connectivity index (χ1n) is 5.01. The fraction of sp³-hybridized carbons (Fsp3) is 0.545. The molecule has 2 rings (SSSR count). The molecular weight excluding hydrogens is 194 g/mol. The van der Waals surface area contributed by atoms with Crippen LogP contribution in [0.15, 0.2) is 11.4 Å². The molecule has 0 aromatic carbocycles. The second-order valence-corrected chi connectivity index (χ2v) is 5.09. The van der Waals surface area contributed by atoms with Crippen molar-refractivity contribution in [2.75, 3.05) is 0 Å². The van der Waals surface area contributed by atoms with Gasteiger partial charge in [-0.3, -0.25) is 4.79 Å². The second-order valence-electron chi connectivity index (χ2n) is 4.09. The maximum atomic E-state index is 11.7. The maximum absolute atomic E-state index is 11.7. The van der Waals surface area contributed by atoms with Crippen molar-refractivity contribution in [1.29, 1.82) is 0 Å². The van der Waals surface area contributed by atoms with Gasteiger partial charge in [-0.05, 0) is 17.0 Å². The highest BCUT2D eigenvalue weighted by Crippen LogP contribution is 2.24. The Kier molecular flexibility index (Phi) is 2.70. The maximum Gasteiger partial charge on any atom is 0.154 e. The fourth-order valence-electron chi connectivity index (χ4n) is 1.87. The van der Waals surface area contributed by atoms with E-state index >= 15 is 0 Å². The van der Waals surface area contributed by atoms with E-state index in [1.807, 2.05) is 0 Å². The lowest BCUT2D eigenvalue weighted by Gasteiger charge is -2.23. The Morgan fingerprint density at radius 1 is 1.57 bits per heavy atom. The third kappa shape index (κ3) is 1.88. The summed E-state index contributed by atoms with van der Waals surface area (Å²) < 4.78 is 0. The molecule has 0 saturated heterocycles. The van der Waals surface area contributed by atoms with Crippen molar-refractivity contribution in [1.82, 2.24) is 5.32 Å². The molecule has 1 atom stereocenters. The fourth-order valence-corrected chi connectivity index (χ4v) is 2.82. The van der Waals surface area contributed by atoms with Crippen LogP contribution in [0.5, 0.6) is 0 Å². The van der Waals surface area contributed by atoms with Gasteiger partial charge in [0.05, 0.1) is 6.04 Å². The molecule has 1 aliphatic carbocycles. The van der Waals surface area contributed by atoms with Crippen LogP contribution in [0.2, 0.25) is 0 Å². The molecule has 0 aliphatic heterocycles. The Hall–Kier alpha value is -0.670. The van der Waals surface area contributed by atoms with Crippen molar-refractivity contribution >= 4 is 17.1 Å². The second kappa shape index (κ2) is 3.83. The van der Waals surface area contributed by atoms with Crippen molar-refractivity contribution in [2.45, 2.75) is 38.8 Å². The van der Waals surface area contributed by atoms with Crippen molar-refractivity contribution in [2.24, 2.45) is 0 Å². The minimum atomic E-state index is 0.0427. The molecule has 1 N–H and O–H groups in total. The molecular formula is C11H15NOS. The van der Waals surface area contributed by atoms with Crippen molar-refractivity contribution in [3.05, 3.63) is 21.9 Å². The van der Waals surface area contributed by atoms with E-state index in [2.05, 4.69) is 30.6 Å². The van der Waals surface area contributed by atoms with Gasteiger partial charge in [0.15, 0.2) is 5.78 Å². The standard InChI is InChI=1S/C11H15NOS/c1-7(2)12-9-6-11-8(3-4-14-11)5-10(9)13/h3-4,7,9,12H,5-6H2,1-2H3. The van der Waals surface area contributed by atoms with Gasteiger partial charge >= 0.3 is 0 Å². The van der Waals surface area contributed by atoms with Crippen LogP contribution in [0.1, 0.15) is 24.3 Å². The van der Waals surface area contributed by atoms with Gasteiger partial charge in [0.1, 0.15) is 0 Å². The average molecular weight is 209 g/mol. The SMILES string of the molecule is CC(C)NC1Cc2sccc2CC1=O. The Morgan fingerprint density at radius 3 is 3.07 bits per heavy atom. The van der Waals surface area contributed by atoms with Gasteiger partial charge in [-0.1, -0.05) is 13.8 Å². The summed E-state index contributed by atoms with van der Waals surface area (Å²) in [7, 11) is 0. The quantitative estimate of drug-likeness (QED) is 0.804. The Morgan fingerprint density at radius 2 is 2.36 bits per heavy atom. The molecule has 76 valence electrons. The van der Waals surface area contributed by atoms with E-state index in [-0.39, 0.29) is 6.04 Å². The number of fused-ring (bicyclic) bond motifs is 1. The number of carbonyl (C=O) groups is 1. The number of ketones is 1. The van der Waals surface area contributed by atoms with Crippen molar-refractivity contribution < 1.29 is 4.79 Å². The predicted octanol–water partition coefficient (Wildman–Crippen LogP) is 1.78. The number of nitrogens with one attached hydrogen (secondary N) is 1. The monoisotopic (exact) mass is 209 g/mol. The molecule has 1 aromatic rings. The van der Waals surface area contributed by atoms with E-state index in [9.17, 15) is 4.79 Å². The zero-order chi connectivity index (χ0) is 10.1. The first-order valence-corrected chi connectivity index (χ1v) is 5.89. The minimum absolute atomic E-state index is 0.0427. The summed E-state index contributed by atoms with van der Waals surface area (Å²) in [4.78, 5) is 13.1. The van der Waals surface area contributed by atoms with E-state index in [1.54, 1.807) is 11.3 Å². The lowest BCUT2D eigenvalue weighted by Crippen LogP contribution is -2.45. The summed E-state index contributed by atoms with van der Waals surface area (Å²) in [6, 6.07) is 2.50. The summed E-state index contributed by atoms with van der Waals surface area (Å²) in [5, 5.41) is 5.40. The molecule has 1 aromatic heterocycles. The van der Waals surface area contributed by atoms with Crippen LogP contribution in [0.4, 0.5) is 0 Å². The molecule has 0 bridgehead atoms. The zero-order valence-electron chi connectivity index (χ0n) is 8.54. The van der Waals surface area contributed by atoms with E-state index in [4.69, 9.17) is 0 Å². The molecule has 0 amide bonds. The molecule has 14 heavy (non-hydrogen) atoms. The first kappa shape index (κ1) is 9.87. The Labute approximate surface area is 88.3 Å². The molecule has 1 heterocycles. The largest absolute Gasteiger partial charge is 0.305 e. The van der Waals surface area contributed by atoms with Crippen LogP contribution in [-0.2, 0) is 17.6 Å². The Balaban J connectivity index is 2.13. The molecule has 0 saturated carbocycles. The normalized spacial score (nSPS) is 21.4. The van der Waals surface area contributed by atoms with E-state index in [1.165, 1.54) is 10.4 Å². The predicted molar refractivity (Wildman–Crippen MR) is 58.8 cm³/mol. The minimum Gasteiger partial charge on any atom is -0.305 e. The molecule has 0 fully saturated rings. The number of carbonyl (C=O) groups excluding carboxylic acids is 1. The van der Waals surface area contributed by atoms with Gasteiger partial charge in [-0.25, -0.2) is 0 Å². The number of hydrogen-bond donors (Lipinski definition) is 1. The number of hydrogen-bond acceptors (Lipinski definition) is 3. The summed E-state index contributed by atoms with van der Waals surface area (Å²) in [5.41, 5.74) is 1.24. The zero-order valence-corrected chi connectivity index (χ0v) is 9.36. The Bertz CT molecular complexity index is 343. The van der Waals surface area contributed by atoms with Crippen molar-refractivity contribution in [3.8, 4) is 0 Å². The number of thiophene rings is 1.